The van der Waals surface area contributed by atoms with Gasteiger partial charge in [-0.25, -0.2) is 9.67 Å². The van der Waals surface area contributed by atoms with E-state index in [1.807, 2.05) is 43.5 Å². The largest absolute Gasteiger partial charge is 0.573 e. The lowest BCUT2D eigenvalue weighted by Gasteiger charge is -2.14. The van der Waals surface area contributed by atoms with E-state index < -0.39 is 6.36 Å². The van der Waals surface area contributed by atoms with Gasteiger partial charge in [-0.1, -0.05) is 30.3 Å². The van der Waals surface area contributed by atoms with E-state index in [4.69, 9.17) is 5.73 Å². The maximum Gasteiger partial charge on any atom is 0.573 e. The second-order valence-electron chi connectivity index (χ2n) is 5.89. The molecule has 0 atom stereocenters. The normalized spacial score (nSPS) is 11.7. The Bertz CT molecular complexity index is 973. The second-order valence-corrected chi connectivity index (χ2v) is 5.89. The molecule has 29 heavy (non-hydrogen) atoms. The van der Waals surface area contributed by atoms with E-state index >= 15 is 0 Å². The zero-order valence-electron chi connectivity index (χ0n) is 15.3. The number of nitrogens with zero attached hydrogens (tertiary/aromatic N) is 3. The summed E-state index contributed by atoms with van der Waals surface area (Å²) in [5, 5.41) is 7.08. The summed E-state index contributed by atoms with van der Waals surface area (Å²) in [5.41, 5.74) is 8.42. The second kappa shape index (κ2) is 9.63. The summed E-state index contributed by atoms with van der Waals surface area (Å²) in [5.74, 6) is -0.425. The molecule has 0 radical (unpaired) electrons. The molecule has 154 valence electrons. The fourth-order valence-corrected chi connectivity index (χ4v) is 2.50. The van der Waals surface area contributed by atoms with Crippen molar-refractivity contribution < 1.29 is 17.9 Å². The Morgan fingerprint density at radius 3 is 2.48 bits per heavy atom. The van der Waals surface area contributed by atoms with Crippen LogP contribution in [0, 0.1) is 6.92 Å². The van der Waals surface area contributed by atoms with E-state index in [2.05, 4.69) is 20.1 Å². The minimum atomic E-state index is -4.80. The molecule has 1 heterocycles. The van der Waals surface area contributed by atoms with Crippen molar-refractivity contribution in [1.82, 2.24) is 9.78 Å². The first-order chi connectivity index (χ1) is 13.3. The number of aryl methyl sites for hydroxylation is 1. The van der Waals surface area contributed by atoms with Gasteiger partial charge in [0.05, 0.1) is 23.6 Å². The lowest BCUT2D eigenvalue weighted by atomic mass is 10.2. The van der Waals surface area contributed by atoms with Crippen molar-refractivity contribution in [3.8, 4) is 11.4 Å². The smallest absolute Gasteiger partial charge is 0.404 e. The highest BCUT2D eigenvalue weighted by atomic mass is 127. The zero-order valence-corrected chi connectivity index (χ0v) is 17.7. The van der Waals surface area contributed by atoms with Gasteiger partial charge in [-0.3, -0.25) is 0 Å². The Kier molecular flexibility index (Phi) is 7.48. The van der Waals surface area contributed by atoms with Gasteiger partial charge in [-0.05, 0) is 31.2 Å². The van der Waals surface area contributed by atoms with Crippen molar-refractivity contribution in [2.24, 2.45) is 10.7 Å². The summed E-state index contributed by atoms with van der Waals surface area (Å²) in [6.45, 7) is 2.07. The van der Waals surface area contributed by atoms with E-state index in [1.54, 1.807) is 10.7 Å². The van der Waals surface area contributed by atoms with Crippen molar-refractivity contribution in [2.75, 3.05) is 5.32 Å². The average Bonchev–Trinajstić information content (AvgIpc) is 3.02. The van der Waals surface area contributed by atoms with Gasteiger partial charge in [0.2, 0.25) is 0 Å². The number of hydrogen-bond donors (Lipinski definition) is 2. The lowest BCUT2D eigenvalue weighted by molar-refractivity contribution is -0.274. The molecule has 0 aliphatic rings. The van der Waals surface area contributed by atoms with Crippen molar-refractivity contribution >= 4 is 35.6 Å². The first-order valence-corrected chi connectivity index (χ1v) is 8.34. The van der Waals surface area contributed by atoms with Gasteiger partial charge >= 0.3 is 6.36 Å². The highest BCUT2D eigenvalue weighted by Gasteiger charge is 2.32. The number of nitrogens with two attached hydrogens (primary N) is 1. The highest BCUT2D eigenvalue weighted by molar-refractivity contribution is 14.0. The van der Waals surface area contributed by atoms with E-state index in [-0.39, 0.29) is 47.9 Å². The van der Waals surface area contributed by atoms with Crippen LogP contribution in [0.5, 0.6) is 5.75 Å². The molecule has 0 aliphatic carbocycles. The third-order valence-corrected chi connectivity index (χ3v) is 3.82. The molecule has 3 rings (SSSR count). The number of benzene rings is 2. The van der Waals surface area contributed by atoms with E-state index in [9.17, 15) is 13.2 Å². The fraction of sp³-hybridized carbons (Fsp3) is 0.158. The van der Waals surface area contributed by atoms with Gasteiger partial charge in [0.15, 0.2) is 11.7 Å². The molecule has 1 aromatic heterocycles. The topological polar surface area (TPSA) is 77.5 Å². The van der Waals surface area contributed by atoms with Crippen LogP contribution in [-0.4, -0.2) is 22.1 Å². The highest BCUT2D eigenvalue weighted by Crippen LogP contribution is 2.29. The number of aromatic nitrogens is 2. The molecule has 6 nitrogen and oxygen atoms in total. The summed E-state index contributed by atoms with van der Waals surface area (Å²) < 4.78 is 43.2. The molecule has 2 aromatic carbocycles. The van der Waals surface area contributed by atoms with Crippen LogP contribution in [0.3, 0.4) is 0 Å². The minimum absolute atomic E-state index is 0. The predicted molar refractivity (Wildman–Crippen MR) is 116 cm³/mol. The number of alkyl halides is 3. The maximum atomic E-state index is 12.5. The number of guanidine groups is 1. The zero-order chi connectivity index (χ0) is 20.1. The molecular formula is C19H19F3IN5O. The Morgan fingerprint density at radius 2 is 1.79 bits per heavy atom. The Labute approximate surface area is 182 Å². The molecule has 0 fully saturated rings. The number of hydrogen-bond acceptors (Lipinski definition) is 3. The molecule has 0 unspecified atom stereocenters. The van der Waals surface area contributed by atoms with Crippen LogP contribution >= 0.6 is 24.0 Å². The molecule has 0 aliphatic heterocycles. The molecule has 0 saturated carbocycles. The number of rotatable bonds is 5. The SMILES string of the molecule is Cc1nn(-c2ccccc2)cc1CN=C(N)Nc1ccccc1OC(F)(F)F.I. The molecular weight excluding hydrogens is 498 g/mol. The molecule has 3 N–H and O–H groups in total. The lowest BCUT2D eigenvalue weighted by Crippen LogP contribution is -2.24. The van der Waals surface area contributed by atoms with Crippen LogP contribution < -0.4 is 15.8 Å². The maximum absolute atomic E-state index is 12.5. The quantitative estimate of drug-likeness (QED) is 0.294. The summed E-state index contributed by atoms with van der Waals surface area (Å²) in [7, 11) is 0. The van der Waals surface area contributed by atoms with Crippen molar-refractivity contribution in [1.29, 1.82) is 0 Å². The van der Waals surface area contributed by atoms with Gasteiger partial charge in [-0.15, -0.1) is 37.1 Å². The third kappa shape index (κ3) is 6.38. The van der Waals surface area contributed by atoms with Crippen LogP contribution in [0.15, 0.2) is 65.8 Å². The van der Waals surface area contributed by atoms with Crippen LogP contribution in [0.25, 0.3) is 5.69 Å². The number of anilines is 1. The summed E-state index contributed by atoms with van der Waals surface area (Å²) >= 11 is 0. The van der Waals surface area contributed by atoms with Crippen LogP contribution in [0.1, 0.15) is 11.3 Å². The van der Waals surface area contributed by atoms with E-state index in [1.165, 1.54) is 18.2 Å². The van der Waals surface area contributed by atoms with Crippen molar-refractivity contribution in [3.63, 3.8) is 0 Å². The van der Waals surface area contributed by atoms with E-state index in [0.717, 1.165) is 16.9 Å². The summed E-state index contributed by atoms with van der Waals surface area (Å²) in [4.78, 5) is 4.19. The number of para-hydroxylation sites is 3. The van der Waals surface area contributed by atoms with Gasteiger partial charge < -0.3 is 15.8 Å². The third-order valence-electron chi connectivity index (χ3n) is 3.82. The average molecular weight is 517 g/mol. The van der Waals surface area contributed by atoms with Crippen molar-refractivity contribution in [2.45, 2.75) is 19.8 Å². The van der Waals surface area contributed by atoms with Gasteiger partial charge in [0, 0.05) is 11.8 Å². The van der Waals surface area contributed by atoms with Crippen molar-refractivity contribution in [3.05, 3.63) is 72.1 Å². The number of halogens is 4. The Hall–Kier alpha value is -2.76. The van der Waals surface area contributed by atoms with Gasteiger partial charge in [0.1, 0.15) is 0 Å². The monoisotopic (exact) mass is 517 g/mol. The summed E-state index contributed by atoms with van der Waals surface area (Å²) in [6, 6.07) is 15.2. The summed E-state index contributed by atoms with van der Waals surface area (Å²) in [6.07, 6.45) is -2.96. The van der Waals surface area contributed by atoms with Crippen LogP contribution in [0.4, 0.5) is 18.9 Å². The van der Waals surface area contributed by atoms with Crippen LogP contribution in [-0.2, 0) is 6.54 Å². The number of aliphatic imine (C=N–C) groups is 1. The van der Waals surface area contributed by atoms with Gasteiger partial charge in [-0.2, -0.15) is 5.10 Å². The molecule has 0 bridgehead atoms. The predicted octanol–water partition coefficient (Wildman–Crippen LogP) is 4.62. The van der Waals surface area contributed by atoms with Gasteiger partial charge in [0.25, 0.3) is 0 Å². The molecule has 0 amide bonds. The number of nitrogens with one attached hydrogen (secondary N) is 1. The molecule has 3 aromatic rings. The van der Waals surface area contributed by atoms with E-state index in [0.29, 0.717) is 0 Å². The Morgan fingerprint density at radius 1 is 1.14 bits per heavy atom. The first kappa shape index (κ1) is 22.5. The Balaban J connectivity index is 0.00000300. The fourth-order valence-electron chi connectivity index (χ4n) is 2.50. The number of ether oxygens (including phenoxy) is 1. The first-order valence-electron chi connectivity index (χ1n) is 8.34. The molecule has 0 spiro atoms. The minimum Gasteiger partial charge on any atom is -0.404 e. The molecule has 10 heteroatoms. The molecule has 0 saturated heterocycles. The van der Waals surface area contributed by atoms with Crippen LogP contribution in [0.2, 0.25) is 0 Å². The standard InChI is InChI=1S/C19H18F3N5O.HI/c1-13-14(12-27(26-13)15-7-3-2-4-8-15)11-24-18(23)25-16-9-5-6-10-17(16)28-19(20,21)22;/h2-10,12H,11H2,1H3,(H3,23,24,25);1H.